The van der Waals surface area contributed by atoms with Crippen LogP contribution in [0.1, 0.15) is 35.5 Å². The number of nitrogens with zero attached hydrogens (tertiary/aromatic N) is 3. The van der Waals surface area contributed by atoms with E-state index >= 15 is 0 Å². The number of aromatic nitrogens is 1. The molecule has 1 aliphatic rings. The lowest BCUT2D eigenvalue weighted by atomic mass is 10.0. The Kier molecular flexibility index (Phi) is 4.80. The average molecular weight is 341 g/mol. The van der Waals surface area contributed by atoms with Crippen LogP contribution in [0.15, 0.2) is 24.3 Å². The summed E-state index contributed by atoms with van der Waals surface area (Å²) in [4.78, 5) is 21.8. The first-order valence-electron chi connectivity index (χ1n) is 8.85. The molecule has 5 heteroatoms. The fourth-order valence-electron chi connectivity index (χ4n) is 3.48. The summed E-state index contributed by atoms with van der Waals surface area (Å²) in [5.41, 5.74) is 2.89. The van der Waals surface area contributed by atoms with E-state index in [-0.39, 0.29) is 5.91 Å². The van der Waals surface area contributed by atoms with Crippen LogP contribution >= 0.6 is 0 Å². The van der Waals surface area contributed by atoms with Crippen LogP contribution in [-0.4, -0.2) is 64.1 Å². The average Bonchev–Trinajstić information content (AvgIpc) is 2.53. The van der Waals surface area contributed by atoms with E-state index in [0.717, 1.165) is 40.8 Å². The summed E-state index contributed by atoms with van der Waals surface area (Å²) in [6.45, 7) is 11.2. The minimum Gasteiger partial charge on any atom is -0.389 e. The molecule has 0 saturated carbocycles. The Labute approximate surface area is 149 Å². The fourth-order valence-corrected chi connectivity index (χ4v) is 3.48. The fraction of sp³-hybridized carbons (Fsp3) is 0.500. The lowest BCUT2D eigenvalue weighted by molar-refractivity contribution is 0.0179. The molecule has 1 N–H and O–H groups in total. The summed E-state index contributed by atoms with van der Waals surface area (Å²) < 4.78 is 0. The quantitative estimate of drug-likeness (QED) is 0.931. The highest BCUT2D eigenvalue weighted by molar-refractivity contribution is 6.06. The summed E-state index contributed by atoms with van der Waals surface area (Å²) in [6, 6.07) is 7.95. The molecule has 3 rings (SSSR count). The maximum Gasteiger partial charge on any atom is 0.254 e. The summed E-state index contributed by atoms with van der Waals surface area (Å²) >= 11 is 0. The third-order valence-corrected chi connectivity index (χ3v) is 4.59. The second kappa shape index (κ2) is 6.73. The van der Waals surface area contributed by atoms with Crippen LogP contribution < -0.4 is 0 Å². The van der Waals surface area contributed by atoms with Crippen molar-refractivity contribution in [1.29, 1.82) is 0 Å². The first-order chi connectivity index (χ1) is 11.7. The van der Waals surface area contributed by atoms with Gasteiger partial charge in [0.05, 0.1) is 16.7 Å². The van der Waals surface area contributed by atoms with Crippen LogP contribution in [0.5, 0.6) is 0 Å². The third kappa shape index (κ3) is 4.17. The maximum absolute atomic E-state index is 13.1. The molecule has 1 fully saturated rings. The summed E-state index contributed by atoms with van der Waals surface area (Å²) in [7, 11) is 0. The van der Waals surface area contributed by atoms with Gasteiger partial charge in [-0.25, -0.2) is 0 Å². The van der Waals surface area contributed by atoms with Crippen LogP contribution in [0.4, 0.5) is 0 Å². The van der Waals surface area contributed by atoms with Gasteiger partial charge in [0.25, 0.3) is 5.91 Å². The monoisotopic (exact) mass is 341 g/mol. The third-order valence-electron chi connectivity index (χ3n) is 4.59. The van der Waals surface area contributed by atoms with E-state index in [1.54, 1.807) is 0 Å². The normalized spacial score (nSPS) is 16.4. The molecule has 1 saturated heterocycles. The Morgan fingerprint density at radius 3 is 2.48 bits per heavy atom. The SMILES string of the molecule is Cc1ccc2nc(C)cc(C(=O)N3CCN(CC(C)(C)O)CC3)c2c1. The molecule has 25 heavy (non-hydrogen) atoms. The highest BCUT2D eigenvalue weighted by Crippen LogP contribution is 2.22. The van der Waals surface area contributed by atoms with Gasteiger partial charge in [-0.15, -0.1) is 0 Å². The van der Waals surface area contributed by atoms with Gasteiger partial charge in [-0.1, -0.05) is 11.6 Å². The molecule has 0 unspecified atom stereocenters. The number of fused-ring (bicyclic) bond motifs is 1. The number of amides is 1. The van der Waals surface area contributed by atoms with Crippen molar-refractivity contribution >= 4 is 16.8 Å². The van der Waals surface area contributed by atoms with Crippen molar-refractivity contribution in [3.8, 4) is 0 Å². The summed E-state index contributed by atoms with van der Waals surface area (Å²) in [5, 5.41) is 10.9. The highest BCUT2D eigenvalue weighted by Gasteiger charge is 2.26. The molecule has 0 radical (unpaired) electrons. The van der Waals surface area contributed by atoms with Crippen LogP contribution in [0, 0.1) is 13.8 Å². The van der Waals surface area contributed by atoms with E-state index < -0.39 is 5.60 Å². The van der Waals surface area contributed by atoms with Crippen molar-refractivity contribution in [2.24, 2.45) is 0 Å². The van der Waals surface area contributed by atoms with Gasteiger partial charge < -0.3 is 10.0 Å². The molecule has 2 heterocycles. The standard InChI is InChI=1S/C20H27N3O2/c1-14-5-6-18-16(11-14)17(12-15(2)21-18)19(24)23-9-7-22(8-10-23)13-20(3,4)25/h5-6,11-12,25H,7-10,13H2,1-4H3. The number of rotatable bonds is 3. The number of carbonyl (C=O) groups excluding carboxylic acids is 1. The second-order valence-electron chi connectivity index (χ2n) is 7.71. The first-order valence-corrected chi connectivity index (χ1v) is 8.85. The number of pyridine rings is 1. The molecule has 1 aromatic carbocycles. The second-order valence-corrected chi connectivity index (χ2v) is 7.71. The van der Waals surface area contributed by atoms with Gasteiger partial charge in [0.2, 0.25) is 0 Å². The van der Waals surface area contributed by atoms with Gasteiger partial charge in [-0.2, -0.15) is 0 Å². The lowest BCUT2D eigenvalue weighted by Gasteiger charge is -2.37. The zero-order chi connectivity index (χ0) is 18.2. The minimum absolute atomic E-state index is 0.0732. The predicted octanol–water partition coefficient (Wildman–Crippen LogP) is 2.38. The molecule has 0 bridgehead atoms. The number of carbonyl (C=O) groups is 1. The van der Waals surface area contributed by atoms with Crippen LogP contribution in [-0.2, 0) is 0 Å². The zero-order valence-corrected chi connectivity index (χ0v) is 15.5. The Morgan fingerprint density at radius 2 is 1.84 bits per heavy atom. The molecule has 1 aliphatic heterocycles. The molecule has 0 aliphatic carbocycles. The van der Waals surface area contributed by atoms with E-state index in [2.05, 4.69) is 9.88 Å². The van der Waals surface area contributed by atoms with Crippen molar-refractivity contribution in [3.05, 3.63) is 41.1 Å². The Hall–Kier alpha value is -1.98. The van der Waals surface area contributed by atoms with Crippen molar-refractivity contribution in [2.45, 2.75) is 33.3 Å². The number of aryl methyl sites for hydroxylation is 2. The zero-order valence-electron chi connectivity index (χ0n) is 15.5. The molecule has 2 aromatic rings. The number of β-amino-alcohol motifs (C(OH)–C–C–N with tert-alkyl or cyclic N) is 1. The molecule has 0 spiro atoms. The molecular formula is C20H27N3O2. The number of hydrogen-bond acceptors (Lipinski definition) is 4. The molecular weight excluding hydrogens is 314 g/mol. The molecule has 1 amide bonds. The van der Waals surface area contributed by atoms with Crippen molar-refractivity contribution < 1.29 is 9.90 Å². The van der Waals surface area contributed by atoms with E-state index in [4.69, 9.17) is 0 Å². The minimum atomic E-state index is -0.706. The lowest BCUT2D eigenvalue weighted by Crippen LogP contribution is -2.52. The number of aliphatic hydroxyl groups is 1. The van der Waals surface area contributed by atoms with Crippen molar-refractivity contribution in [1.82, 2.24) is 14.8 Å². The summed E-state index contributed by atoms with van der Waals surface area (Å²) in [6.07, 6.45) is 0. The van der Waals surface area contributed by atoms with Crippen LogP contribution in [0.3, 0.4) is 0 Å². The first kappa shape index (κ1) is 17.8. The van der Waals surface area contributed by atoms with Gasteiger partial charge in [0.1, 0.15) is 0 Å². The maximum atomic E-state index is 13.1. The summed E-state index contributed by atoms with van der Waals surface area (Å²) in [5.74, 6) is 0.0732. The Morgan fingerprint density at radius 1 is 1.16 bits per heavy atom. The topological polar surface area (TPSA) is 56.7 Å². The largest absolute Gasteiger partial charge is 0.389 e. The number of hydrogen-bond donors (Lipinski definition) is 1. The Balaban J connectivity index is 1.80. The number of piperazine rings is 1. The van der Waals surface area contributed by atoms with E-state index in [0.29, 0.717) is 19.6 Å². The number of benzene rings is 1. The van der Waals surface area contributed by atoms with E-state index in [1.807, 2.05) is 56.9 Å². The molecule has 5 nitrogen and oxygen atoms in total. The van der Waals surface area contributed by atoms with E-state index in [9.17, 15) is 9.90 Å². The van der Waals surface area contributed by atoms with Gasteiger partial charge >= 0.3 is 0 Å². The van der Waals surface area contributed by atoms with Crippen molar-refractivity contribution in [3.63, 3.8) is 0 Å². The van der Waals surface area contributed by atoms with Crippen LogP contribution in [0.25, 0.3) is 10.9 Å². The smallest absolute Gasteiger partial charge is 0.254 e. The molecule has 0 atom stereocenters. The van der Waals surface area contributed by atoms with Gasteiger partial charge in [0.15, 0.2) is 0 Å². The van der Waals surface area contributed by atoms with Crippen molar-refractivity contribution in [2.75, 3.05) is 32.7 Å². The Bertz CT molecular complexity index is 787. The predicted molar refractivity (Wildman–Crippen MR) is 99.9 cm³/mol. The molecule has 1 aromatic heterocycles. The highest BCUT2D eigenvalue weighted by atomic mass is 16.3. The van der Waals surface area contributed by atoms with Gasteiger partial charge in [-0.05, 0) is 45.9 Å². The van der Waals surface area contributed by atoms with Crippen LogP contribution in [0.2, 0.25) is 0 Å². The van der Waals surface area contributed by atoms with E-state index in [1.165, 1.54) is 0 Å². The van der Waals surface area contributed by atoms with Gasteiger partial charge in [0, 0.05) is 43.8 Å². The molecule has 134 valence electrons. The van der Waals surface area contributed by atoms with Gasteiger partial charge in [-0.3, -0.25) is 14.7 Å².